The van der Waals surface area contributed by atoms with Crippen LogP contribution >= 0.6 is 0 Å². The van der Waals surface area contributed by atoms with Crippen LogP contribution in [0.1, 0.15) is 18.5 Å². The van der Waals surface area contributed by atoms with E-state index in [4.69, 9.17) is 10.9 Å². The van der Waals surface area contributed by atoms with Crippen LogP contribution in [0, 0.1) is 0 Å². The molecule has 1 aromatic heterocycles. The molecular formula is C6H11N5O. The van der Waals surface area contributed by atoms with Gasteiger partial charge in [0.2, 0.25) is 5.96 Å². The number of rotatable bonds is 2. The highest BCUT2D eigenvalue weighted by Crippen LogP contribution is 2.13. The van der Waals surface area contributed by atoms with E-state index in [1.54, 1.807) is 17.9 Å². The van der Waals surface area contributed by atoms with E-state index < -0.39 is 0 Å². The van der Waals surface area contributed by atoms with E-state index in [9.17, 15) is 0 Å². The largest absolute Gasteiger partial charge is 0.368 e. The van der Waals surface area contributed by atoms with Gasteiger partial charge in [-0.15, -0.1) is 0 Å². The molecule has 1 rings (SSSR count). The highest BCUT2D eigenvalue weighted by atomic mass is 16.5. The Labute approximate surface area is 69.5 Å². The van der Waals surface area contributed by atoms with E-state index in [0.29, 0.717) is 0 Å². The van der Waals surface area contributed by atoms with Gasteiger partial charge in [-0.3, -0.25) is 10.3 Å². The summed E-state index contributed by atoms with van der Waals surface area (Å²) in [6, 6.07) is -0.122. The minimum Gasteiger partial charge on any atom is -0.368 e. The van der Waals surface area contributed by atoms with Crippen molar-refractivity contribution in [3.05, 3.63) is 18.0 Å². The number of aliphatic imine (C=N–C) groups is 1. The van der Waals surface area contributed by atoms with Gasteiger partial charge in [-0.1, -0.05) is 0 Å². The molecule has 1 atom stereocenters. The van der Waals surface area contributed by atoms with Gasteiger partial charge in [0.15, 0.2) is 0 Å². The third-order valence-electron chi connectivity index (χ3n) is 1.45. The molecule has 0 spiro atoms. The van der Waals surface area contributed by atoms with E-state index in [0.717, 1.165) is 5.56 Å². The van der Waals surface area contributed by atoms with Crippen molar-refractivity contribution in [1.82, 2.24) is 15.7 Å². The standard InChI is InChI=1S/C6H11N5O/c1-4(10-6(7)11-12)5-2-8-9-3-5/h2-4,12H,1H3,(H,8,9)(H3,7,10,11). The van der Waals surface area contributed by atoms with Crippen molar-refractivity contribution in [2.45, 2.75) is 13.0 Å². The monoisotopic (exact) mass is 169 g/mol. The summed E-state index contributed by atoms with van der Waals surface area (Å²) in [4.78, 5) is 3.91. The maximum atomic E-state index is 8.35. The lowest BCUT2D eigenvalue weighted by molar-refractivity contribution is 0.232. The molecule has 12 heavy (non-hydrogen) atoms. The van der Waals surface area contributed by atoms with Crippen LogP contribution in [0.3, 0.4) is 0 Å². The summed E-state index contributed by atoms with van der Waals surface area (Å²) in [6.07, 6.45) is 3.37. The number of hydrogen-bond donors (Lipinski definition) is 4. The molecule has 0 aliphatic rings. The molecule has 1 unspecified atom stereocenters. The van der Waals surface area contributed by atoms with Gasteiger partial charge in [0.05, 0.1) is 12.2 Å². The Balaban J connectivity index is 2.66. The topological polar surface area (TPSA) is 99.3 Å². The van der Waals surface area contributed by atoms with Crippen LogP contribution < -0.4 is 11.2 Å². The number of aromatic amines is 1. The minimum absolute atomic E-state index is 0.0105. The molecule has 1 aromatic rings. The van der Waals surface area contributed by atoms with Crippen molar-refractivity contribution in [3.8, 4) is 0 Å². The SMILES string of the molecule is CC(N=C(N)NO)c1cn[nH]c1. The molecule has 0 fully saturated rings. The number of hydrogen-bond acceptors (Lipinski definition) is 3. The first-order chi connectivity index (χ1) is 5.74. The van der Waals surface area contributed by atoms with Gasteiger partial charge >= 0.3 is 0 Å². The van der Waals surface area contributed by atoms with E-state index in [2.05, 4.69) is 15.2 Å². The fourth-order valence-electron chi connectivity index (χ4n) is 0.801. The molecule has 0 amide bonds. The maximum Gasteiger partial charge on any atom is 0.213 e. The normalized spacial score (nSPS) is 14.3. The molecule has 0 saturated carbocycles. The first-order valence-electron chi connectivity index (χ1n) is 3.46. The quantitative estimate of drug-likeness (QED) is 0.279. The van der Waals surface area contributed by atoms with Gasteiger partial charge in [-0.2, -0.15) is 5.10 Å². The number of hydroxylamine groups is 1. The van der Waals surface area contributed by atoms with E-state index in [-0.39, 0.29) is 12.0 Å². The second-order valence-corrected chi connectivity index (χ2v) is 2.33. The first-order valence-corrected chi connectivity index (χ1v) is 3.46. The average Bonchev–Trinajstić information content (AvgIpc) is 2.56. The Kier molecular flexibility index (Phi) is 2.65. The van der Waals surface area contributed by atoms with Gasteiger partial charge in [-0.05, 0) is 6.92 Å². The van der Waals surface area contributed by atoms with Gasteiger partial charge in [0, 0.05) is 11.8 Å². The summed E-state index contributed by atoms with van der Waals surface area (Å²) in [5.74, 6) is -0.0105. The number of nitrogens with two attached hydrogens (primary N) is 1. The fourth-order valence-corrected chi connectivity index (χ4v) is 0.801. The molecule has 66 valence electrons. The molecule has 1 heterocycles. The molecule has 0 aromatic carbocycles. The van der Waals surface area contributed by atoms with Crippen LogP contribution in [0.2, 0.25) is 0 Å². The van der Waals surface area contributed by atoms with Gasteiger partial charge in [0.1, 0.15) is 0 Å². The molecule has 5 N–H and O–H groups in total. The zero-order chi connectivity index (χ0) is 8.97. The third-order valence-corrected chi connectivity index (χ3v) is 1.45. The van der Waals surface area contributed by atoms with Crippen LogP contribution in [-0.2, 0) is 0 Å². The number of aromatic nitrogens is 2. The van der Waals surface area contributed by atoms with Crippen molar-refractivity contribution >= 4 is 5.96 Å². The van der Waals surface area contributed by atoms with Crippen LogP contribution in [-0.4, -0.2) is 21.4 Å². The predicted molar refractivity (Wildman–Crippen MR) is 43.5 cm³/mol. The minimum atomic E-state index is -0.122. The lowest BCUT2D eigenvalue weighted by atomic mass is 10.2. The summed E-state index contributed by atoms with van der Waals surface area (Å²) < 4.78 is 0. The van der Waals surface area contributed by atoms with E-state index in [1.807, 2.05) is 6.92 Å². The van der Waals surface area contributed by atoms with Gasteiger partial charge < -0.3 is 5.73 Å². The van der Waals surface area contributed by atoms with E-state index >= 15 is 0 Å². The van der Waals surface area contributed by atoms with Gasteiger partial charge in [-0.25, -0.2) is 10.5 Å². The van der Waals surface area contributed by atoms with Crippen molar-refractivity contribution in [3.63, 3.8) is 0 Å². The third kappa shape index (κ3) is 1.96. The molecule has 0 saturated heterocycles. The highest BCUT2D eigenvalue weighted by Gasteiger charge is 2.04. The molecule has 0 bridgehead atoms. The zero-order valence-corrected chi connectivity index (χ0v) is 6.65. The zero-order valence-electron chi connectivity index (χ0n) is 6.65. The number of guanidine groups is 1. The van der Waals surface area contributed by atoms with Crippen LogP contribution in [0.4, 0.5) is 0 Å². The smallest absolute Gasteiger partial charge is 0.213 e. The first kappa shape index (κ1) is 8.54. The average molecular weight is 169 g/mol. The lowest BCUT2D eigenvalue weighted by Gasteiger charge is -2.03. The van der Waals surface area contributed by atoms with Gasteiger partial charge in [0.25, 0.3) is 0 Å². The van der Waals surface area contributed by atoms with E-state index in [1.165, 1.54) is 0 Å². The summed E-state index contributed by atoms with van der Waals surface area (Å²) in [7, 11) is 0. The Hall–Kier alpha value is -1.56. The molecular weight excluding hydrogens is 158 g/mol. The summed E-state index contributed by atoms with van der Waals surface area (Å²) in [5.41, 5.74) is 7.90. The summed E-state index contributed by atoms with van der Waals surface area (Å²) >= 11 is 0. The maximum absolute atomic E-state index is 8.35. The van der Waals surface area contributed by atoms with Crippen molar-refractivity contribution < 1.29 is 5.21 Å². The highest BCUT2D eigenvalue weighted by molar-refractivity contribution is 5.76. The van der Waals surface area contributed by atoms with Crippen LogP contribution in [0.15, 0.2) is 17.4 Å². The predicted octanol–water partition coefficient (Wildman–Crippen LogP) is -0.236. The molecule has 6 nitrogen and oxygen atoms in total. The number of nitrogens with zero attached hydrogens (tertiary/aromatic N) is 2. The van der Waals surface area contributed by atoms with Crippen molar-refractivity contribution in [1.29, 1.82) is 0 Å². The summed E-state index contributed by atoms with van der Waals surface area (Å²) in [5, 5.41) is 14.8. The number of H-pyrrole nitrogens is 1. The van der Waals surface area contributed by atoms with Crippen molar-refractivity contribution in [2.75, 3.05) is 0 Å². The Morgan fingerprint density at radius 2 is 2.67 bits per heavy atom. The Bertz CT molecular complexity index is 255. The number of nitrogens with one attached hydrogen (secondary N) is 2. The molecule has 6 heteroatoms. The Morgan fingerprint density at radius 3 is 3.17 bits per heavy atom. The second-order valence-electron chi connectivity index (χ2n) is 2.33. The fraction of sp³-hybridized carbons (Fsp3) is 0.333. The van der Waals surface area contributed by atoms with Crippen LogP contribution in [0.25, 0.3) is 0 Å². The summed E-state index contributed by atoms with van der Waals surface area (Å²) in [6.45, 7) is 1.84. The molecule has 0 radical (unpaired) electrons. The molecule has 0 aliphatic carbocycles. The Morgan fingerprint density at radius 1 is 1.92 bits per heavy atom. The second kappa shape index (κ2) is 3.72. The van der Waals surface area contributed by atoms with Crippen LogP contribution in [0.5, 0.6) is 0 Å². The molecule has 0 aliphatic heterocycles. The van der Waals surface area contributed by atoms with Crippen molar-refractivity contribution in [2.24, 2.45) is 10.7 Å². The lowest BCUT2D eigenvalue weighted by Crippen LogP contribution is -2.28.